The van der Waals surface area contributed by atoms with Crippen LogP contribution in [0.2, 0.25) is 0 Å². The minimum atomic E-state index is -3.84. The highest BCUT2D eigenvalue weighted by Gasteiger charge is 2.29. The van der Waals surface area contributed by atoms with Crippen LogP contribution < -0.4 is 15.4 Å². The molecule has 0 saturated heterocycles. The van der Waals surface area contributed by atoms with E-state index in [1.54, 1.807) is 17.0 Å². The SMILES string of the molecule is CCn1c(SCC(=O)N2c3ccccc3NC(=O)C[C@@H]2C)nc2cc(S(N)(=O)=O)ccc21. The molecule has 1 aliphatic heterocycles. The van der Waals surface area contributed by atoms with Gasteiger partial charge in [0.2, 0.25) is 21.8 Å². The Morgan fingerprint density at radius 3 is 2.75 bits per heavy atom. The van der Waals surface area contributed by atoms with Crippen LogP contribution in [0.25, 0.3) is 11.0 Å². The van der Waals surface area contributed by atoms with E-state index in [0.29, 0.717) is 28.6 Å². The van der Waals surface area contributed by atoms with Crippen LogP contribution in [0, 0.1) is 0 Å². The number of rotatable bonds is 5. The zero-order valence-electron chi connectivity index (χ0n) is 17.6. The van der Waals surface area contributed by atoms with Gasteiger partial charge in [-0.15, -0.1) is 0 Å². The molecule has 0 bridgehead atoms. The number of amides is 2. The summed E-state index contributed by atoms with van der Waals surface area (Å²) >= 11 is 1.27. The zero-order chi connectivity index (χ0) is 23.0. The van der Waals surface area contributed by atoms with Gasteiger partial charge in [0.15, 0.2) is 5.16 Å². The van der Waals surface area contributed by atoms with Gasteiger partial charge in [0.25, 0.3) is 0 Å². The Kier molecular flexibility index (Phi) is 5.97. The number of fused-ring (bicyclic) bond motifs is 2. The average molecular weight is 474 g/mol. The van der Waals surface area contributed by atoms with Crippen molar-refractivity contribution in [3.05, 3.63) is 42.5 Å². The number of sulfonamides is 1. The number of hydrogen-bond donors (Lipinski definition) is 2. The summed E-state index contributed by atoms with van der Waals surface area (Å²) in [6.07, 6.45) is 0.203. The first-order valence-electron chi connectivity index (χ1n) is 10.1. The number of primary sulfonamides is 1. The van der Waals surface area contributed by atoms with Crippen molar-refractivity contribution in [3.8, 4) is 0 Å². The molecule has 168 valence electrons. The van der Waals surface area contributed by atoms with Crippen molar-refractivity contribution in [2.45, 2.75) is 42.9 Å². The molecule has 2 amide bonds. The molecule has 9 nitrogen and oxygen atoms in total. The highest BCUT2D eigenvalue weighted by molar-refractivity contribution is 7.99. The summed E-state index contributed by atoms with van der Waals surface area (Å²) < 4.78 is 25.3. The summed E-state index contributed by atoms with van der Waals surface area (Å²) in [6, 6.07) is 11.5. The largest absolute Gasteiger partial charge is 0.324 e. The maximum atomic E-state index is 13.2. The summed E-state index contributed by atoms with van der Waals surface area (Å²) in [4.78, 5) is 31.6. The molecule has 4 rings (SSSR count). The second-order valence-corrected chi connectivity index (χ2v) is 10.0. The monoisotopic (exact) mass is 473 g/mol. The summed E-state index contributed by atoms with van der Waals surface area (Å²) in [5.41, 5.74) is 2.53. The number of carbonyl (C=O) groups is 2. The Bertz CT molecular complexity index is 1320. The number of thioether (sulfide) groups is 1. The van der Waals surface area contributed by atoms with E-state index in [4.69, 9.17) is 5.14 Å². The lowest BCUT2D eigenvalue weighted by Gasteiger charge is -2.27. The van der Waals surface area contributed by atoms with Crippen LogP contribution in [0.3, 0.4) is 0 Å². The second-order valence-electron chi connectivity index (χ2n) is 7.51. The summed E-state index contributed by atoms with van der Waals surface area (Å²) in [5.74, 6) is -0.171. The molecule has 0 spiro atoms. The highest BCUT2D eigenvalue weighted by atomic mass is 32.2. The lowest BCUT2D eigenvalue weighted by Crippen LogP contribution is -2.40. The number of para-hydroxylation sites is 2. The number of imidazole rings is 1. The smallest absolute Gasteiger partial charge is 0.238 e. The van der Waals surface area contributed by atoms with Gasteiger partial charge in [-0.25, -0.2) is 18.5 Å². The standard InChI is InChI=1S/C21H23N5O4S2/c1-3-25-17-9-8-14(32(22,29)30)11-16(17)24-21(25)31-12-20(28)26-13(2)10-19(27)23-15-6-4-5-7-18(15)26/h4-9,11,13H,3,10,12H2,1-2H3,(H,23,27)(H2,22,29,30)/t13-/m0/s1. The van der Waals surface area contributed by atoms with Crippen LogP contribution in [0.15, 0.2) is 52.5 Å². The number of aryl methyl sites for hydroxylation is 1. The van der Waals surface area contributed by atoms with Gasteiger partial charge in [-0.05, 0) is 44.2 Å². The van der Waals surface area contributed by atoms with E-state index in [1.807, 2.05) is 36.6 Å². The summed E-state index contributed by atoms with van der Waals surface area (Å²) in [7, 11) is -3.84. The molecule has 3 aromatic rings. The van der Waals surface area contributed by atoms with Gasteiger partial charge in [0.05, 0.1) is 33.1 Å². The third kappa shape index (κ3) is 4.23. The fraction of sp³-hybridized carbons (Fsp3) is 0.286. The molecule has 32 heavy (non-hydrogen) atoms. The molecule has 1 aliphatic rings. The minimum Gasteiger partial charge on any atom is -0.324 e. The van der Waals surface area contributed by atoms with Crippen molar-refractivity contribution < 1.29 is 18.0 Å². The first-order valence-corrected chi connectivity index (χ1v) is 12.6. The molecule has 0 radical (unpaired) electrons. The predicted octanol–water partition coefficient (Wildman–Crippen LogP) is 2.56. The lowest BCUT2D eigenvalue weighted by molar-refractivity contribution is -0.117. The molecule has 0 saturated carbocycles. The van der Waals surface area contributed by atoms with Gasteiger partial charge in [0, 0.05) is 19.0 Å². The number of carbonyl (C=O) groups excluding carboxylic acids is 2. The summed E-state index contributed by atoms with van der Waals surface area (Å²) in [6.45, 7) is 4.40. The van der Waals surface area contributed by atoms with E-state index in [1.165, 1.54) is 23.9 Å². The van der Waals surface area contributed by atoms with E-state index >= 15 is 0 Å². The van der Waals surface area contributed by atoms with Crippen molar-refractivity contribution in [1.29, 1.82) is 0 Å². The molecule has 11 heteroatoms. The molecular formula is C21H23N5O4S2. The minimum absolute atomic E-state index is 0.00875. The van der Waals surface area contributed by atoms with Crippen LogP contribution in [0.5, 0.6) is 0 Å². The average Bonchev–Trinajstić information content (AvgIpc) is 3.02. The molecule has 3 N–H and O–H groups in total. The molecule has 2 aromatic carbocycles. The molecule has 1 aromatic heterocycles. The van der Waals surface area contributed by atoms with Gasteiger partial charge in [-0.3, -0.25) is 9.59 Å². The Morgan fingerprint density at radius 1 is 1.28 bits per heavy atom. The van der Waals surface area contributed by atoms with Crippen LogP contribution >= 0.6 is 11.8 Å². The lowest BCUT2D eigenvalue weighted by atomic mass is 10.2. The number of aromatic nitrogens is 2. The van der Waals surface area contributed by atoms with Crippen LogP contribution in [0.4, 0.5) is 11.4 Å². The van der Waals surface area contributed by atoms with Crippen molar-refractivity contribution in [1.82, 2.24) is 9.55 Å². The third-order valence-electron chi connectivity index (χ3n) is 5.28. The van der Waals surface area contributed by atoms with Crippen molar-refractivity contribution in [3.63, 3.8) is 0 Å². The van der Waals surface area contributed by atoms with E-state index in [-0.39, 0.29) is 34.9 Å². The zero-order valence-corrected chi connectivity index (χ0v) is 19.2. The van der Waals surface area contributed by atoms with E-state index in [0.717, 1.165) is 5.52 Å². The van der Waals surface area contributed by atoms with Gasteiger partial charge in [-0.2, -0.15) is 0 Å². The fourth-order valence-electron chi connectivity index (χ4n) is 3.84. The van der Waals surface area contributed by atoms with Gasteiger partial charge in [-0.1, -0.05) is 23.9 Å². The highest BCUT2D eigenvalue weighted by Crippen LogP contribution is 2.33. The Balaban J connectivity index is 1.62. The first-order chi connectivity index (χ1) is 15.2. The number of hydrogen-bond acceptors (Lipinski definition) is 6. The van der Waals surface area contributed by atoms with Crippen LogP contribution in [-0.4, -0.2) is 41.6 Å². The molecule has 0 unspecified atom stereocenters. The van der Waals surface area contributed by atoms with Gasteiger partial charge < -0.3 is 14.8 Å². The van der Waals surface area contributed by atoms with Crippen LogP contribution in [-0.2, 0) is 26.2 Å². The number of benzene rings is 2. The van der Waals surface area contributed by atoms with Crippen molar-refractivity contribution >= 4 is 56.0 Å². The Hall–Kier alpha value is -2.89. The van der Waals surface area contributed by atoms with E-state index in [9.17, 15) is 18.0 Å². The third-order valence-corrected chi connectivity index (χ3v) is 7.15. The Labute approximate surface area is 190 Å². The van der Waals surface area contributed by atoms with Crippen molar-refractivity contribution in [2.24, 2.45) is 5.14 Å². The van der Waals surface area contributed by atoms with Crippen LogP contribution in [0.1, 0.15) is 20.3 Å². The number of nitrogens with two attached hydrogens (primary N) is 1. The van der Waals surface area contributed by atoms with Crippen molar-refractivity contribution in [2.75, 3.05) is 16.0 Å². The van der Waals surface area contributed by atoms with Gasteiger partial charge >= 0.3 is 0 Å². The first kappa shape index (κ1) is 22.3. The maximum Gasteiger partial charge on any atom is 0.238 e. The molecule has 1 atom stereocenters. The molecule has 0 fully saturated rings. The topological polar surface area (TPSA) is 127 Å². The number of anilines is 2. The van der Waals surface area contributed by atoms with Gasteiger partial charge in [0.1, 0.15) is 0 Å². The molecular weight excluding hydrogens is 450 g/mol. The maximum absolute atomic E-state index is 13.2. The second kappa shape index (κ2) is 8.57. The molecule has 0 aliphatic carbocycles. The van der Waals surface area contributed by atoms with E-state index in [2.05, 4.69) is 10.3 Å². The summed E-state index contributed by atoms with van der Waals surface area (Å²) in [5, 5.41) is 8.69. The van der Waals surface area contributed by atoms with E-state index < -0.39 is 10.0 Å². The predicted molar refractivity (Wildman–Crippen MR) is 124 cm³/mol. The number of nitrogens with zero attached hydrogens (tertiary/aromatic N) is 3. The number of nitrogens with one attached hydrogen (secondary N) is 1. The fourth-order valence-corrected chi connectivity index (χ4v) is 5.32. The Morgan fingerprint density at radius 2 is 2.03 bits per heavy atom. The molecule has 2 heterocycles. The quantitative estimate of drug-likeness (QED) is 0.548. The normalized spacial score (nSPS) is 16.5.